The van der Waals surface area contributed by atoms with Crippen molar-refractivity contribution in [2.75, 3.05) is 5.43 Å². The van der Waals surface area contributed by atoms with Gasteiger partial charge in [-0.1, -0.05) is 41.7 Å². The standard InChI is InChI=1S/C20H15N3O2S2/c24-19(25)18-9-8-16(26-18)14-5-3-4-13(12-14)10-11-21-23-20-22-15-6-1-2-7-17(15)27-20/h1-9,11-12H,10H2,(H,22,23)(H,24,25). The first-order chi connectivity index (χ1) is 13.2. The largest absolute Gasteiger partial charge is 0.477 e. The van der Waals surface area contributed by atoms with Crippen LogP contribution in [0.3, 0.4) is 0 Å². The molecule has 4 rings (SSSR count). The molecule has 5 nitrogen and oxygen atoms in total. The molecule has 0 spiro atoms. The lowest BCUT2D eigenvalue weighted by molar-refractivity contribution is 0.0702. The number of thiophene rings is 1. The van der Waals surface area contributed by atoms with Gasteiger partial charge < -0.3 is 5.11 Å². The van der Waals surface area contributed by atoms with E-state index in [1.807, 2.05) is 54.7 Å². The van der Waals surface area contributed by atoms with E-state index >= 15 is 0 Å². The first-order valence-corrected chi connectivity index (χ1v) is 9.88. The Bertz CT molecular complexity index is 1100. The average molecular weight is 393 g/mol. The van der Waals surface area contributed by atoms with Crippen molar-refractivity contribution in [2.24, 2.45) is 5.10 Å². The fourth-order valence-electron chi connectivity index (χ4n) is 2.63. The zero-order chi connectivity index (χ0) is 18.6. The molecule has 0 aliphatic rings. The zero-order valence-corrected chi connectivity index (χ0v) is 15.8. The van der Waals surface area contributed by atoms with Crippen molar-refractivity contribution in [1.82, 2.24) is 4.98 Å². The molecule has 0 amide bonds. The summed E-state index contributed by atoms with van der Waals surface area (Å²) in [5.41, 5.74) is 6.06. The number of rotatable bonds is 6. The maximum Gasteiger partial charge on any atom is 0.345 e. The van der Waals surface area contributed by atoms with Crippen LogP contribution >= 0.6 is 22.7 Å². The third-order valence-electron chi connectivity index (χ3n) is 3.90. The third-order valence-corrected chi connectivity index (χ3v) is 5.96. The molecular weight excluding hydrogens is 378 g/mol. The normalized spacial score (nSPS) is 11.3. The number of aromatic nitrogens is 1. The van der Waals surface area contributed by atoms with E-state index in [-0.39, 0.29) is 0 Å². The number of aromatic carboxylic acids is 1. The number of fused-ring (bicyclic) bond motifs is 1. The number of benzene rings is 2. The molecule has 0 unspecified atom stereocenters. The number of para-hydroxylation sites is 1. The van der Waals surface area contributed by atoms with E-state index in [1.54, 1.807) is 17.4 Å². The van der Waals surface area contributed by atoms with Crippen molar-refractivity contribution in [3.63, 3.8) is 0 Å². The summed E-state index contributed by atoms with van der Waals surface area (Å²) in [6.07, 6.45) is 2.48. The predicted molar refractivity (Wildman–Crippen MR) is 112 cm³/mol. The quantitative estimate of drug-likeness (QED) is 0.341. The van der Waals surface area contributed by atoms with E-state index in [0.717, 1.165) is 31.4 Å². The van der Waals surface area contributed by atoms with Crippen LogP contribution in [0.25, 0.3) is 20.7 Å². The minimum absolute atomic E-state index is 0.344. The van der Waals surface area contributed by atoms with Crippen molar-refractivity contribution >= 4 is 50.2 Å². The Kier molecular flexibility index (Phi) is 4.95. The summed E-state index contributed by atoms with van der Waals surface area (Å²) in [4.78, 5) is 16.8. The van der Waals surface area contributed by atoms with Gasteiger partial charge in [0.1, 0.15) is 4.88 Å². The van der Waals surface area contributed by atoms with Crippen LogP contribution in [0.15, 0.2) is 65.8 Å². The number of nitrogens with zero attached hydrogens (tertiary/aromatic N) is 2. The second-order valence-corrected chi connectivity index (χ2v) is 7.90. The maximum absolute atomic E-state index is 11.0. The van der Waals surface area contributed by atoms with Crippen LogP contribution in [-0.2, 0) is 6.42 Å². The maximum atomic E-state index is 11.0. The second kappa shape index (κ2) is 7.69. The molecule has 0 aliphatic carbocycles. The Balaban J connectivity index is 1.41. The number of carbonyl (C=O) groups is 1. The topological polar surface area (TPSA) is 74.6 Å². The molecule has 0 atom stereocenters. The van der Waals surface area contributed by atoms with Crippen molar-refractivity contribution in [2.45, 2.75) is 6.42 Å². The number of hydrazone groups is 1. The van der Waals surface area contributed by atoms with Crippen LogP contribution in [0.5, 0.6) is 0 Å². The lowest BCUT2D eigenvalue weighted by atomic mass is 10.1. The van der Waals surface area contributed by atoms with Crippen LogP contribution in [0.2, 0.25) is 0 Å². The molecule has 2 aromatic carbocycles. The van der Waals surface area contributed by atoms with Gasteiger partial charge in [0.15, 0.2) is 0 Å². The molecule has 0 saturated heterocycles. The minimum Gasteiger partial charge on any atom is -0.477 e. The van der Waals surface area contributed by atoms with Crippen LogP contribution in [0.1, 0.15) is 15.2 Å². The highest BCUT2D eigenvalue weighted by Gasteiger charge is 2.08. The Morgan fingerprint density at radius 1 is 1.11 bits per heavy atom. The van der Waals surface area contributed by atoms with Crippen molar-refractivity contribution < 1.29 is 9.90 Å². The molecule has 2 aromatic heterocycles. The summed E-state index contributed by atoms with van der Waals surface area (Å²) < 4.78 is 1.12. The summed E-state index contributed by atoms with van der Waals surface area (Å²) >= 11 is 2.84. The Labute approximate surface area is 163 Å². The molecule has 2 heterocycles. The number of nitrogens with one attached hydrogen (secondary N) is 1. The van der Waals surface area contributed by atoms with Gasteiger partial charge in [0.2, 0.25) is 5.13 Å². The van der Waals surface area contributed by atoms with E-state index in [0.29, 0.717) is 11.3 Å². The van der Waals surface area contributed by atoms with Crippen LogP contribution in [0.4, 0.5) is 5.13 Å². The van der Waals surface area contributed by atoms with Crippen molar-refractivity contribution in [3.8, 4) is 10.4 Å². The third kappa shape index (κ3) is 4.05. The molecule has 0 fully saturated rings. The molecule has 7 heteroatoms. The highest BCUT2D eigenvalue weighted by molar-refractivity contribution is 7.22. The molecule has 0 radical (unpaired) electrons. The van der Waals surface area contributed by atoms with Crippen molar-refractivity contribution in [1.29, 1.82) is 0 Å². The van der Waals surface area contributed by atoms with Crippen molar-refractivity contribution in [3.05, 3.63) is 71.1 Å². The number of hydrogen-bond donors (Lipinski definition) is 2. The molecule has 134 valence electrons. The number of hydrogen-bond acceptors (Lipinski definition) is 6. The van der Waals surface area contributed by atoms with Crippen LogP contribution in [0, 0.1) is 0 Å². The van der Waals surface area contributed by atoms with Gasteiger partial charge in [0.05, 0.1) is 10.2 Å². The monoisotopic (exact) mass is 393 g/mol. The van der Waals surface area contributed by atoms with E-state index in [9.17, 15) is 4.79 Å². The van der Waals surface area contributed by atoms with Gasteiger partial charge in [0.25, 0.3) is 0 Å². The number of carboxylic acids is 1. The summed E-state index contributed by atoms with van der Waals surface area (Å²) in [6, 6.07) is 19.5. The molecule has 4 aromatic rings. The summed E-state index contributed by atoms with van der Waals surface area (Å²) in [7, 11) is 0. The summed E-state index contributed by atoms with van der Waals surface area (Å²) in [6.45, 7) is 0. The first kappa shape index (κ1) is 17.4. The van der Waals surface area contributed by atoms with Gasteiger partial charge in [-0.15, -0.1) is 11.3 Å². The SMILES string of the molecule is O=C(O)c1ccc(-c2cccc(CC=NNc3nc4ccccc4s3)c2)s1. The predicted octanol–water partition coefficient (Wildman–Crippen LogP) is 5.36. The molecule has 0 aliphatic heterocycles. The van der Waals surface area contributed by atoms with Gasteiger partial charge in [0, 0.05) is 17.5 Å². The smallest absolute Gasteiger partial charge is 0.345 e. The molecule has 2 N–H and O–H groups in total. The fraction of sp³-hybridized carbons (Fsp3) is 0.0500. The van der Waals surface area contributed by atoms with Gasteiger partial charge >= 0.3 is 5.97 Å². The molecular formula is C20H15N3O2S2. The zero-order valence-electron chi connectivity index (χ0n) is 14.1. The van der Waals surface area contributed by atoms with Gasteiger partial charge in [-0.05, 0) is 41.5 Å². The highest BCUT2D eigenvalue weighted by Crippen LogP contribution is 2.29. The van der Waals surface area contributed by atoms with Gasteiger partial charge in [-0.3, -0.25) is 5.43 Å². The van der Waals surface area contributed by atoms with E-state index < -0.39 is 5.97 Å². The lowest BCUT2D eigenvalue weighted by Crippen LogP contribution is -1.92. The van der Waals surface area contributed by atoms with Gasteiger partial charge in [-0.25, -0.2) is 9.78 Å². The Morgan fingerprint density at radius 3 is 2.81 bits per heavy atom. The second-order valence-electron chi connectivity index (χ2n) is 5.78. The van der Waals surface area contributed by atoms with Crippen LogP contribution in [-0.4, -0.2) is 22.3 Å². The number of carboxylic acid groups (broad SMARTS) is 1. The summed E-state index contributed by atoms with van der Waals surface area (Å²) in [5, 5.41) is 14.1. The Morgan fingerprint density at radius 2 is 2.00 bits per heavy atom. The van der Waals surface area contributed by atoms with Gasteiger partial charge in [-0.2, -0.15) is 5.10 Å². The van der Waals surface area contributed by atoms with E-state index in [4.69, 9.17) is 5.11 Å². The summed E-state index contributed by atoms with van der Waals surface area (Å²) in [5.74, 6) is -0.893. The Hall–Kier alpha value is -3.03. The first-order valence-electron chi connectivity index (χ1n) is 8.24. The fourth-order valence-corrected chi connectivity index (χ4v) is 4.29. The minimum atomic E-state index is -0.893. The number of thiazole rings is 1. The molecule has 27 heavy (non-hydrogen) atoms. The lowest BCUT2D eigenvalue weighted by Gasteiger charge is -2.01. The molecule has 0 saturated carbocycles. The van der Waals surface area contributed by atoms with Crippen LogP contribution < -0.4 is 5.43 Å². The highest BCUT2D eigenvalue weighted by atomic mass is 32.1. The number of anilines is 1. The van der Waals surface area contributed by atoms with E-state index in [2.05, 4.69) is 21.6 Å². The van der Waals surface area contributed by atoms with E-state index in [1.165, 1.54) is 11.3 Å². The average Bonchev–Trinajstić information content (AvgIpc) is 3.32. The molecule has 0 bridgehead atoms.